The third-order valence-corrected chi connectivity index (χ3v) is 9.95. The highest BCUT2D eigenvalue weighted by molar-refractivity contribution is 7.22. The first-order valence-electron chi connectivity index (χ1n) is 15.2. The quantitative estimate of drug-likeness (QED) is 0.222. The normalized spacial score (nSPS) is 16.4. The molecule has 0 aliphatic carbocycles. The molecule has 2 aliphatic heterocycles. The summed E-state index contributed by atoms with van der Waals surface area (Å²) in [5, 5.41) is 10.8. The summed E-state index contributed by atoms with van der Waals surface area (Å²) in [5.74, 6) is 1.44. The van der Waals surface area contributed by atoms with E-state index >= 15 is 0 Å². The number of aryl methyl sites for hydroxylation is 2. The molecule has 0 saturated heterocycles. The van der Waals surface area contributed by atoms with Crippen molar-refractivity contribution in [2.45, 2.75) is 58.3 Å². The maximum absolute atomic E-state index is 12.1. The highest BCUT2D eigenvalue weighted by Crippen LogP contribution is 2.45. The number of carboxylic acids is 1. The predicted molar refractivity (Wildman–Crippen MR) is 174 cm³/mol. The molecule has 0 radical (unpaired) electrons. The standard InChI is InChI=1S/C37H35NO4S/c1-22-10-12-32-29(17-22)25-8-6-9-27(19-25)37-38-31-18-23(2)28(21-34(39)40)35(36(31)43-37)26-11-13-33-30(20-26)24(14-16-42-33)7-4-3-5-15-41-32/h6,8-13,17-20,24H,3-5,7,14-16,21H2,1-2H3,(H,39,40). The maximum atomic E-state index is 12.1. The van der Waals surface area contributed by atoms with Gasteiger partial charge in [-0.3, -0.25) is 4.79 Å². The average Bonchev–Trinajstić information content (AvgIpc) is 3.42. The van der Waals surface area contributed by atoms with E-state index in [9.17, 15) is 9.90 Å². The molecule has 1 unspecified atom stereocenters. The van der Waals surface area contributed by atoms with Gasteiger partial charge in [-0.2, -0.15) is 0 Å². The number of aromatic nitrogens is 1. The smallest absolute Gasteiger partial charge is 0.307 e. The second kappa shape index (κ2) is 11.5. The van der Waals surface area contributed by atoms with E-state index in [4.69, 9.17) is 14.5 Å². The van der Waals surface area contributed by atoms with Gasteiger partial charge in [-0.1, -0.05) is 48.7 Å². The number of rotatable bonds is 2. The van der Waals surface area contributed by atoms with E-state index < -0.39 is 5.97 Å². The topological polar surface area (TPSA) is 68.7 Å². The Labute approximate surface area is 256 Å². The summed E-state index contributed by atoms with van der Waals surface area (Å²) in [7, 11) is 0. The molecule has 1 N–H and O–H groups in total. The molecule has 2 aliphatic rings. The van der Waals surface area contributed by atoms with Crippen molar-refractivity contribution in [3.8, 4) is 44.3 Å². The average molecular weight is 590 g/mol. The van der Waals surface area contributed by atoms with E-state index in [1.807, 2.05) is 13.0 Å². The number of benzene rings is 4. The molecule has 1 aromatic heterocycles. The first-order chi connectivity index (χ1) is 20.9. The molecule has 1 atom stereocenters. The molecule has 5 aromatic rings. The van der Waals surface area contributed by atoms with Gasteiger partial charge in [0.25, 0.3) is 0 Å². The van der Waals surface area contributed by atoms with Crippen molar-refractivity contribution < 1.29 is 19.4 Å². The van der Waals surface area contributed by atoms with Crippen LogP contribution in [0.25, 0.3) is 43.0 Å². The van der Waals surface area contributed by atoms with Crippen molar-refractivity contribution in [3.05, 3.63) is 89.0 Å². The van der Waals surface area contributed by atoms with Crippen LogP contribution in [0.15, 0.2) is 66.7 Å². The highest BCUT2D eigenvalue weighted by atomic mass is 32.1. The molecule has 218 valence electrons. The Kier molecular flexibility index (Phi) is 7.39. The fraction of sp³-hybridized carbons (Fsp3) is 0.297. The fourth-order valence-electron chi connectivity index (χ4n) is 6.63. The number of carbonyl (C=O) groups is 1. The maximum Gasteiger partial charge on any atom is 0.307 e. The van der Waals surface area contributed by atoms with Gasteiger partial charge in [0, 0.05) is 16.7 Å². The molecule has 6 heteroatoms. The minimum atomic E-state index is -0.831. The molecule has 0 amide bonds. The molecule has 0 fully saturated rings. The van der Waals surface area contributed by atoms with Gasteiger partial charge in [0.2, 0.25) is 0 Å². The lowest BCUT2D eigenvalue weighted by Gasteiger charge is -2.27. The Morgan fingerprint density at radius 1 is 0.884 bits per heavy atom. The molecule has 43 heavy (non-hydrogen) atoms. The summed E-state index contributed by atoms with van der Waals surface area (Å²) >= 11 is 1.64. The van der Waals surface area contributed by atoms with Gasteiger partial charge in [-0.05, 0) is 103 Å². The number of fused-ring (bicyclic) bond motifs is 8. The Balaban J connectivity index is 1.45. The number of hydrogen-bond acceptors (Lipinski definition) is 5. The molecule has 0 spiro atoms. The monoisotopic (exact) mass is 589 g/mol. The zero-order chi connectivity index (χ0) is 29.5. The van der Waals surface area contributed by atoms with E-state index in [1.54, 1.807) is 11.3 Å². The van der Waals surface area contributed by atoms with Gasteiger partial charge in [-0.15, -0.1) is 11.3 Å². The minimum absolute atomic E-state index is 0.0347. The van der Waals surface area contributed by atoms with Crippen LogP contribution in [0, 0.1) is 13.8 Å². The number of ether oxygens (including phenoxy) is 2. The van der Waals surface area contributed by atoms with Crippen molar-refractivity contribution in [1.29, 1.82) is 0 Å². The van der Waals surface area contributed by atoms with Crippen molar-refractivity contribution in [2.75, 3.05) is 13.2 Å². The molecule has 6 bridgehead atoms. The van der Waals surface area contributed by atoms with Crippen molar-refractivity contribution in [3.63, 3.8) is 0 Å². The number of aliphatic carboxylic acids is 1. The summed E-state index contributed by atoms with van der Waals surface area (Å²) in [6, 6.07) is 23.4. The van der Waals surface area contributed by atoms with E-state index in [1.165, 1.54) is 11.1 Å². The third-order valence-electron chi connectivity index (χ3n) is 8.81. The number of thiazole rings is 1. The Hall–Kier alpha value is -4.16. The SMILES string of the molecule is Cc1ccc2c(c1)-c1cccc(c1)-c1nc3cc(C)c(CC(=O)O)c(c3s1)-c1ccc3c(c1)C(CCCCCO2)CCO3. The Morgan fingerprint density at radius 3 is 2.60 bits per heavy atom. The van der Waals surface area contributed by atoms with Crippen molar-refractivity contribution in [1.82, 2.24) is 4.98 Å². The molecular formula is C37H35NO4S. The lowest BCUT2D eigenvalue weighted by Crippen LogP contribution is -2.14. The zero-order valence-electron chi connectivity index (χ0n) is 24.6. The van der Waals surface area contributed by atoms with E-state index in [0.29, 0.717) is 12.5 Å². The Morgan fingerprint density at radius 2 is 1.72 bits per heavy atom. The summed E-state index contributed by atoms with van der Waals surface area (Å²) in [5.41, 5.74) is 10.4. The van der Waals surface area contributed by atoms with Crippen molar-refractivity contribution >= 4 is 27.5 Å². The molecule has 3 heterocycles. The number of carboxylic acid groups (broad SMARTS) is 1. The van der Waals surface area contributed by atoms with Crippen LogP contribution in [-0.2, 0) is 11.2 Å². The third kappa shape index (κ3) is 5.40. The summed E-state index contributed by atoms with van der Waals surface area (Å²) in [4.78, 5) is 17.2. The lowest BCUT2D eigenvalue weighted by atomic mass is 9.85. The largest absolute Gasteiger partial charge is 0.493 e. The van der Waals surface area contributed by atoms with Gasteiger partial charge in [0.1, 0.15) is 16.5 Å². The van der Waals surface area contributed by atoms with Crippen molar-refractivity contribution in [2.24, 2.45) is 0 Å². The second-order valence-corrected chi connectivity index (χ2v) is 12.8. The molecule has 0 saturated carbocycles. The van der Waals surface area contributed by atoms with Crippen LogP contribution in [0.1, 0.15) is 60.3 Å². The summed E-state index contributed by atoms with van der Waals surface area (Å²) < 4.78 is 13.5. The van der Waals surface area contributed by atoms with E-state index in [0.717, 1.165) is 104 Å². The van der Waals surface area contributed by atoms with Gasteiger partial charge in [0.15, 0.2) is 0 Å². The van der Waals surface area contributed by atoms with Crippen LogP contribution in [-0.4, -0.2) is 29.3 Å². The molecular weight excluding hydrogens is 554 g/mol. The summed E-state index contributed by atoms with van der Waals surface area (Å²) in [6.45, 7) is 5.53. The van der Waals surface area contributed by atoms with Crippen LogP contribution >= 0.6 is 11.3 Å². The van der Waals surface area contributed by atoms with Crippen LogP contribution in [0.5, 0.6) is 11.5 Å². The van der Waals surface area contributed by atoms with E-state index in [-0.39, 0.29) is 6.42 Å². The number of hydrogen-bond donors (Lipinski definition) is 1. The van der Waals surface area contributed by atoms with Crippen LogP contribution in [0.4, 0.5) is 0 Å². The number of nitrogens with zero attached hydrogens (tertiary/aromatic N) is 1. The predicted octanol–water partition coefficient (Wildman–Crippen LogP) is 9.36. The first kappa shape index (κ1) is 27.7. The van der Waals surface area contributed by atoms with Gasteiger partial charge >= 0.3 is 5.97 Å². The second-order valence-electron chi connectivity index (χ2n) is 11.8. The summed E-state index contributed by atoms with van der Waals surface area (Å²) in [6.07, 6.45) is 5.28. The van der Waals surface area contributed by atoms with Crippen LogP contribution < -0.4 is 9.47 Å². The van der Waals surface area contributed by atoms with Crippen LogP contribution in [0.2, 0.25) is 0 Å². The van der Waals surface area contributed by atoms with E-state index in [2.05, 4.69) is 67.6 Å². The fourth-order valence-corrected chi connectivity index (χ4v) is 7.77. The van der Waals surface area contributed by atoms with Gasteiger partial charge < -0.3 is 14.6 Å². The minimum Gasteiger partial charge on any atom is -0.493 e. The zero-order valence-corrected chi connectivity index (χ0v) is 25.4. The molecule has 7 rings (SSSR count). The molecule has 4 aromatic carbocycles. The first-order valence-corrected chi connectivity index (χ1v) is 16.0. The molecule has 5 nitrogen and oxygen atoms in total. The van der Waals surface area contributed by atoms with Gasteiger partial charge in [-0.25, -0.2) is 4.98 Å². The highest BCUT2D eigenvalue weighted by Gasteiger charge is 2.25. The Bertz CT molecular complexity index is 1860. The lowest BCUT2D eigenvalue weighted by molar-refractivity contribution is -0.136. The van der Waals surface area contributed by atoms with Gasteiger partial charge in [0.05, 0.1) is 29.9 Å². The van der Waals surface area contributed by atoms with Crippen LogP contribution in [0.3, 0.4) is 0 Å².